The number of aryl methyl sites for hydroxylation is 1. The normalized spacial score (nSPS) is 16.5. The van der Waals surface area contributed by atoms with Gasteiger partial charge in [0.05, 0.1) is 11.0 Å². The minimum atomic E-state index is 0.289. The Hall–Kier alpha value is -2.25. The zero-order chi connectivity index (χ0) is 27.0. The van der Waals surface area contributed by atoms with Crippen molar-refractivity contribution in [3.63, 3.8) is 0 Å². The molecule has 1 aromatic carbocycles. The number of benzene rings is 1. The largest absolute Gasteiger partial charge is 0.396 e. The first-order valence-corrected chi connectivity index (χ1v) is 12.8. The Morgan fingerprint density at radius 3 is 2.20 bits per heavy atom. The third-order valence-corrected chi connectivity index (χ3v) is 5.64. The summed E-state index contributed by atoms with van der Waals surface area (Å²) in [7, 11) is 1.50. The third kappa shape index (κ3) is 12.9. The Kier molecular flexibility index (Phi) is 16.1. The lowest BCUT2D eigenvalue weighted by atomic mass is 9.92. The number of imidazole rings is 1. The molecular formula is C28H50N4O3. The van der Waals surface area contributed by atoms with Crippen molar-refractivity contribution in [3.05, 3.63) is 29.6 Å². The molecule has 1 aromatic heterocycles. The third-order valence-electron chi connectivity index (χ3n) is 5.64. The van der Waals surface area contributed by atoms with E-state index < -0.39 is 0 Å². The van der Waals surface area contributed by atoms with Crippen molar-refractivity contribution in [1.82, 2.24) is 14.5 Å². The van der Waals surface area contributed by atoms with E-state index in [0.29, 0.717) is 6.61 Å². The molecule has 1 aliphatic carbocycles. The monoisotopic (exact) mass is 490 g/mol. The summed E-state index contributed by atoms with van der Waals surface area (Å²) in [4.78, 5) is 24.8. The van der Waals surface area contributed by atoms with Crippen LogP contribution in [0.1, 0.15) is 71.7 Å². The first-order valence-electron chi connectivity index (χ1n) is 12.8. The summed E-state index contributed by atoms with van der Waals surface area (Å²) >= 11 is 0. The number of nitrogens with zero attached hydrogens (tertiary/aromatic N) is 3. The van der Waals surface area contributed by atoms with Crippen LogP contribution < -0.4 is 5.73 Å². The lowest BCUT2D eigenvalue weighted by Gasteiger charge is -2.18. The Morgan fingerprint density at radius 1 is 1.20 bits per heavy atom. The molecule has 1 atom stereocenters. The maximum Gasteiger partial charge on any atom is 0.209 e. The number of nitrogens with two attached hydrogens (primary N) is 1. The molecule has 3 N–H and O–H groups in total. The fourth-order valence-electron chi connectivity index (χ4n) is 3.73. The topological polar surface area (TPSA) is 101 Å². The molecule has 2 aromatic rings. The number of aliphatic hydroxyl groups is 1. The van der Waals surface area contributed by atoms with Crippen LogP contribution >= 0.6 is 0 Å². The average Bonchev–Trinajstić information content (AvgIpc) is 3.48. The van der Waals surface area contributed by atoms with Gasteiger partial charge in [0, 0.05) is 32.7 Å². The van der Waals surface area contributed by atoms with Crippen LogP contribution in [0.2, 0.25) is 0 Å². The van der Waals surface area contributed by atoms with Gasteiger partial charge in [0.1, 0.15) is 12.6 Å². The first-order chi connectivity index (χ1) is 16.7. The van der Waals surface area contributed by atoms with Gasteiger partial charge in [-0.05, 0) is 74.6 Å². The van der Waals surface area contributed by atoms with Gasteiger partial charge in [-0.2, -0.15) is 0 Å². The summed E-state index contributed by atoms with van der Waals surface area (Å²) < 4.78 is 2.47. The number of carbonyl (C=O) groups is 2. The minimum Gasteiger partial charge on any atom is -0.396 e. The van der Waals surface area contributed by atoms with Crippen molar-refractivity contribution in [2.24, 2.45) is 23.0 Å². The first kappa shape index (κ1) is 32.8. The second kappa shape index (κ2) is 17.2. The maximum atomic E-state index is 10.1. The van der Waals surface area contributed by atoms with Crippen molar-refractivity contribution < 1.29 is 14.7 Å². The number of likely N-dealkylation sites (tertiary alicyclic amines) is 1. The highest BCUT2D eigenvalue weighted by Crippen LogP contribution is 2.33. The molecule has 7 nitrogen and oxygen atoms in total. The van der Waals surface area contributed by atoms with Crippen LogP contribution in [0.5, 0.6) is 0 Å². The van der Waals surface area contributed by atoms with Crippen LogP contribution in [-0.4, -0.2) is 59.5 Å². The molecular weight excluding hydrogens is 440 g/mol. The molecule has 0 spiro atoms. The van der Waals surface area contributed by atoms with E-state index >= 15 is 0 Å². The maximum absolute atomic E-state index is 10.1. The van der Waals surface area contributed by atoms with Crippen molar-refractivity contribution in [2.45, 2.75) is 80.2 Å². The van der Waals surface area contributed by atoms with Crippen molar-refractivity contribution in [1.29, 1.82) is 0 Å². The zero-order valence-electron chi connectivity index (χ0n) is 23.2. The molecule has 0 bridgehead atoms. The highest BCUT2D eigenvalue weighted by Gasteiger charge is 2.25. The van der Waals surface area contributed by atoms with Gasteiger partial charge in [-0.3, -0.25) is 4.79 Å². The van der Waals surface area contributed by atoms with E-state index in [9.17, 15) is 4.79 Å². The minimum absolute atomic E-state index is 0.289. The molecule has 1 amide bonds. The highest BCUT2D eigenvalue weighted by molar-refractivity contribution is 5.77. The van der Waals surface area contributed by atoms with Crippen LogP contribution in [0.4, 0.5) is 0 Å². The van der Waals surface area contributed by atoms with Crippen LogP contribution in [0.25, 0.3) is 11.0 Å². The zero-order valence-corrected chi connectivity index (χ0v) is 23.2. The quantitative estimate of drug-likeness (QED) is 0.596. The molecule has 7 heteroatoms. The van der Waals surface area contributed by atoms with E-state index in [0.717, 1.165) is 50.7 Å². The summed E-state index contributed by atoms with van der Waals surface area (Å²) in [6, 6.07) is 6.66. The summed E-state index contributed by atoms with van der Waals surface area (Å²) in [5, 5.41) is 7.88. The van der Waals surface area contributed by atoms with Gasteiger partial charge in [0.25, 0.3) is 0 Å². The van der Waals surface area contributed by atoms with Gasteiger partial charge < -0.3 is 25.1 Å². The Balaban J connectivity index is 0.000000601. The van der Waals surface area contributed by atoms with E-state index in [2.05, 4.69) is 63.1 Å². The van der Waals surface area contributed by atoms with Crippen LogP contribution in [0.15, 0.2) is 18.2 Å². The average molecular weight is 491 g/mol. The molecule has 0 radical (unpaired) electrons. The summed E-state index contributed by atoms with van der Waals surface area (Å²) in [6.07, 6.45) is 6.82. The molecule has 1 saturated heterocycles. The lowest BCUT2D eigenvalue weighted by molar-refractivity contribution is -0.117. The van der Waals surface area contributed by atoms with Gasteiger partial charge in [-0.25, -0.2) is 4.98 Å². The Bertz CT molecular complexity index is 839. The number of aliphatic hydroxyl groups excluding tert-OH is 1. The summed E-state index contributed by atoms with van der Waals surface area (Å²) in [5.74, 6) is 2.87. The number of amides is 1. The fraction of sp³-hybridized carbons (Fsp3) is 0.679. The van der Waals surface area contributed by atoms with Gasteiger partial charge in [-0.15, -0.1) is 0 Å². The SMILES string of the molecule is C=O.CC1CCN(C=O)C1.CCCO.CN.Cc1ccc2c(c1)nc(CC(C)(C)C)n2CC1CC1. The number of aromatic nitrogens is 2. The molecule has 4 rings (SSSR count). The second-order valence-corrected chi connectivity index (χ2v) is 10.5. The standard InChI is InChI=1S/C17H24N2.C6H11NO.C3H8O.CH5N.CH2O/c1-12-5-8-15-14(9-12)18-16(10-17(2,3)4)19(15)11-13-6-7-13;1-6-2-3-7(4-6)5-8;1-2-3-4;2*1-2/h5,8-9,13H,6-7,10-11H2,1-4H3;5-6H,2-4H2,1H3;4H,2-3H2,1H3;2H2,1H3;1H2. The van der Waals surface area contributed by atoms with E-state index in [4.69, 9.17) is 14.9 Å². The van der Waals surface area contributed by atoms with Crippen LogP contribution in [-0.2, 0) is 22.6 Å². The van der Waals surface area contributed by atoms with E-state index in [1.807, 2.05) is 18.6 Å². The second-order valence-electron chi connectivity index (χ2n) is 10.5. The Morgan fingerprint density at radius 2 is 1.80 bits per heavy atom. The van der Waals surface area contributed by atoms with Crippen molar-refractivity contribution >= 4 is 24.2 Å². The predicted octanol–water partition coefficient (Wildman–Crippen LogP) is 4.61. The van der Waals surface area contributed by atoms with E-state index in [1.165, 1.54) is 48.7 Å². The molecule has 200 valence electrons. The molecule has 2 aliphatic rings. The van der Waals surface area contributed by atoms with Gasteiger partial charge in [-0.1, -0.05) is 40.7 Å². The molecule has 2 fully saturated rings. The summed E-state index contributed by atoms with van der Waals surface area (Å²) in [6.45, 7) is 18.5. The Labute approximate surface area is 213 Å². The van der Waals surface area contributed by atoms with Crippen molar-refractivity contribution in [2.75, 3.05) is 26.7 Å². The molecule has 1 unspecified atom stereocenters. The number of carbonyl (C=O) groups excluding carboxylic acids is 2. The molecule has 1 aliphatic heterocycles. The fourth-order valence-corrected chi connectivity index (χ4v) is 3.73. The highest BCUT2D eigenvalue weighted by atomic mass is 16.2. The van der Waals surface area contributed by atoms with E-state index in [1.54, 1.807) is 0 Å². The summed E-state index contributed by atoms with van der Waals surface area (Å²) in [5.41, 5.74) is 8.57. The molecule has 35 heavy (non-hydrogen) atoms. The number of fused-ring (bicyclic) bond motifs is 1. The number of hydrogen-bond donors (Lipinski definition) is 2. The van der Waals surface area contributed by atoms with Gasteiger partial charge >= 0.3 is 0 Å². The van der Waals surface area contributed by atoms with Crippen LogP contribution in [0.3, 0.4) is 0 Å². The van der Waals surface area contributed by atoms with Gasteiger partial charge in [0.15, 0.2) is 0 Å². The predicted molar refractivity (Wildman–Crippen MR) is 146 cm³/mol. The lowest BCUT2D eigenvalue weighted by Crippen LogP contribution is -2.17. The number of rotatable bonds is 5. The smallest absolute Gasteiger partial charge is 0.209 e. The van der Waals surface area contributed by atoms with Crippen LogP contribution in [0, 0.1) is 24.2 Å². The number of hydrogen-bond acceptors (Lipinski definition) is 5. The van der Waals surface area contributed by atoms with Crippen molar-refractivity contribution in [3.8, 4) is 0 Å². The van der Waals surface area contributed by atoms with Gasteiger partial charge in [0.2, 0.25) is 6.41 Å². The van der Waals surface area contributed by atoms with E-state index in [-0.39, 0.29) is 5.41 Å². The molecule has 2 heterocycles. The molecule has 1 saturated carbocycles.